The van der Waals surface area contributed by atoms with Gasteiger partial charge in [0.05, 0.1) is 28.6 Å². The Hall–Kier alpha value is -2.95. The number of halogens is 2. The molecule has 12 heteroatoms. The van der Waals surface area contributed by atoms with Crippen LogP contribution in [-0.4, -0.2) is 65.1 Å². The van der Waals surface area contributed by atoms with Gasteiger partial charge < -0.3 is 25.6 Å². The lowest BCUT2D eigenvalue weighted by molar-refractivity contribution is -0.145. The third-order valence-corrected chi connectivity index (χ3v) is 7.21. The summed E-state index contributed by atoms with van der Waals surface area (Å²) in [4.78, 5) is 52.3. The monoisotopic (exact) mass is 580 g/mol. The lowest BCUT2D eigenvalue weighted by atomic mass is 10.0. The third-order valence-electron chi connectivity index (χ3n) is 5.57. The average molecular weight is 582 g/mol. The molecule has 1 fully saturated rings. The zero-order valence-electron chi connectivity index (χ0n) is 21.5. The van der Waals surface area contributed by atoms with Gasteiger partial charge in [-0.3, -0.25) is 9.59 Å². The first-order valence-electron chi connectivity index (χ1n) is 11.8. The van der Waals surface area contributed by atoms with E-state index in [0.29, 0.717) is 17.3 Å². The number of hydrogen-bond acceptors (Lipinski definition) is 6. The Bertz CT molecular complexity index is 1180. The van der Waals surface area contributed by atoms with Gasteiger partial charge in [-0.2, -0.15) is 0 Å². The summed E-state index contributed by atoms with van der Waals surface area (Å²) in [5.41, 5.74) is 0.934. The number of urea groups is 1. The van der Waals surface area contributed by atoms with Crippen LogP contribution in [0.3, 0.4) is 0 Å². The minimum Gasteiger partial charge on any atom is -0.467 e. The van der Waals surface area contributed by atoms with E-state index < -0.39 is 35.4 Å². The predicted octanol–water partition coefficient (Wildman–Crippen LogP) is 4.33. The summed E-state index contributed by atoms with van der Waals surface area (Å²) in [5.74, 6) is -0.714. The van der Waals surface area contributed by atoms with Crippen LogP contribution in [0.1, 0.15) is 36.7 Å². The topological polar surface area (TPSA) is 117 Å². The number of ether oxygens (including phenoxy) is 1. The van der Waals surface area contributed by atoms with Gasteiger partial charge in [0.2, 0.25) is 5.91 Å². The first-order valence-corrected chi connectivity index (χ1v) is 13.7. The maximum atomic E-state index is 13.1. The first kappa shape index (κ1) is 29.6. The minimum atomic E-state index is -0.965. The Labute approximate surface area is 235 Å². The van der Waals surface area contributed by atoms with Crippen LogP contribution in [0, 0.1) is 0 Å². The Morgan fingerprint density at radius 1 is 1.08 bits per heavy atom. The van der Waals surface area contributed by atoms with Gasteiger partial charge in [-0.15, -0.1) is 11.8 Å². The van der Waals surface area contributed by atoms with Crippen molar-refractivity contribution >= 4 is 64.5 Å². The molecule has 2 atom stereocenters. The standard InChI is InChI=1S/C26H30Cl2N4O5S/c1-26(2,3)31-25(36)32-14-38-13-20(32)22(33)30-19(24(35)37-4)12-15-8-10-16(11-9-15)29-23(34)21-17(27)6-5-7-18(21)28/h5-11,19-20H,12-14H2,1-4H3,(H,29,34)(H,30,33)(H,31,36)/t19-,20?/m0/s1. The summed E-state index contributed by atoms with van der Waals surface area (Å²) in [6, 6.07) is 9.56. The normalized spacial score (nSPS) is 15.9. The van der Waals surface area contributed by atoms with Gasteiger partial charge in [-0.05, 0) is 50.6 Å². The molecule has 0 saturated carbocycles. The number of nitrogens with zero attached hydrogens (tertiary/aromatic N) is 1. The quantitative estimate of drug-likeness (QED) is 0.420. The maximum absolute atomic E-state index is 13.1. The molecule has 2 aromatic rings. The van der Waals surface area contributed by atoms with Gasteiger partial charge >= 0.3 is 12.0 Å². The number of esters is 1. The lowest BCUT2D eigenvalue weighted by Gasteiger charge is -2.29. The van der Waals surface area contributed by atoms with Gasteiger partial charge in [-0.1, -0.05) is 41.4 Å². The lowest BCUT2D eigenvalue weighted by Crippen LogP contribution is -2.56. The van der Waals surface area contributed by atoms with Crippen LogP contribution < -0.4 is 16.0 Å². The molecule has 0 spiro atoms. The van der Waals surface area contributed by atoms with Crippen molar-refractivity contribution in [2.24, 2.45) is 0 Å². The van der Waals surface area contributed by atoms with E-state index in [1.807, 2.05) is 20.8 Å². The highest BCUT2D eigenvalue weighted by Gasteiger charge is 2.37. The molecule has 38 heavy (non-hydrogen) atoms. The zero-order chi connectivity index (χ0) is 28.0. The van der Waals surface area contributed by atoms with Crippen LogP contribution in [0.15, 0.2) is 42.5 Å². The Morgan fingerprint density at radius 3 is 2.29 bits per heavy atom. The van der Waals surface area contributed by atoms with Gasteiger partial charge in [0.15, 0.2) is 0 Å². The van der Waals surface area contributed by atoms with Crippen LogP contribution in [0.5, 0.6) is 0 Å². The molecule has 204 valence electrons. The van der Waals surface area contributed by atoms with Gasteiger partial charge in [-0.25, -0.2) is 9.59 Å². The molecule has 0 aromatic heterocycles. The summed E-state index contributed by atoms with van der Waals surface area (Å²) < 4.78 is 4.90. The molecule has 1 heterocycles. The Kier molecular flexibility index (Phi) is 9.92. The fraction of sp³-hybridized carbons (Fsp3) is 0.385. The molecular weight excluding hydrogens is 551 g/mol. The van der Waals surface area contributed by atoms with Crippen LogP contribution in [-0.2, 0) is 20.7 Å². The van der Waals surface area contributed by atoms with E-state index in [1.54, 1.807) is 42.5 Å². The first-order chi connectivity index (χ1) is 17.9. The molecule has 9 nitrogen and oxygen atoms in total. The summed E-state index contributed by atoms with van der Waals surface area (Å²) in [7, 11) is 1.24. The van der Waals surface area contributed by atoms with E-state index in [9.17, 15) is 19.2 Å². The highest BCUT2D eigenvalue weighted by Crippen LogP contribution is 2.26. The van der Waals surface area contributed by atoms with Crippen LogP contribution in [0.4, 0.5) is 10.5 Å². The summed E-state index contributed by atoms with van der Waals surface area (Å²) in [6.45, 7) is 5.58. The number of hydrogen-bond donors (Lipinski definition) is 3. The van der Waals surface area contributed by atoms with E-state index in [0.717, 1.165) is 5.56 Å². The molecule has 1 aliphatic heterocycles. The van der Waals surface area contributed by atoms with E-state index in [1.165, 1.54) is 23.8 Å². The molecule has 3 N–H and O–H groups in total. The van der Waals surface area contributed by atoms with Crippen molar-refractivity contribution < 1.29 is 23.9 Å². The number of rotatable bonds is 7. The van der Waals surface area contributed by atoms with Crippen LogP contribution in [0.2, 0.25) is 10.0 Å². The second-order valence-corrected chi connectivity index (χ2v) is 11.5. The van der Waals surface area contributed by atoms with Gasteiger partial charge in [0.1, 0.15) is 12.1 Å². The number of carbonyl (C=O) groups excluding carboxylic acids is 4. The molecule has 2 aromatic carbocycles. The van der Waals surface area contributed by atoms with Gasteiger partial charge in [0, 0.05) is 23.4 Å². The predicted molar refractivity (Wildman–Crippen MR) is 150 cm³/mol. The van der Waals surface area contributed by atoms with Crippen molar-refractivity contribution in [2.75, 3.05) is 24.1 Å². The SMILES string of the molecule is COC(=O)[C@H](Cc1ccc(NC(=O)c2c(Cl)cccc2Cl)cc1)NC(=O)C1CSCN1C(=O)NC(C)(C)C. The molecule has 1 aliphatic rings. The van der Waals surface area contributed by atoms with E-state index >= 15 is 0 Å². The second kappa shape index (κ2) is 12.7. The smallest absolute Gasteiger partial charge is 0.328 e. The minimum absolute atomic E-state index is 0.150. The third kappa shape index (κ3) is 7.78. The number of nitrogens with one attached hydrogen (secondary N) is 3. The van der Waals surface area contributed by atoms with Crippen molar-refractivity contribution in [3.63, 3.8) is 0 Å². The summed E-state index contributed by atoms with van der Waals surface area (Å²) >= 11 is 13.7. The van der Waals surface area contributed by atoms with Crippen LogP contribution >= 0.6 is 35.0 Å². The molecule has 0 radical (unpaired) electrons. The van der Waals surface area contributed by atoms with E-state index in [4.69, 9.17) is 27.9 Å². The highest BCUT2D eigenvalue weighted by molar-refractivity contribution is 7.99. The fourth-order valence-electron chi connectivity index (χ4n) is 3.72. The maximum Gasteiger partial charge on any atom is 0.328 e. The van der Waals surface area contributed by atoms with Crippen LogP contribution in [0.25, 0.3) is 0 Å². The van der Waals surface area contributed by atoms with E-state index in [2.05, 4.69) is 16.0 Å². The second-order valence-electron chi connectivity index (χ2n) is 9.70. The van der Waals surface area contributed by atoms with E-state index in [-0.39, 0.29) is 28.1 Å². The van der Waals surface area contributed by atoms with Crippen molar-refractivity contribution in [1.29, 1.82) is 0 Å². The molecule has 4 amide bonds. The number of amides is 4. The average Bonchev–Trinajstić information content (AvgIpc) is 3.33. The number of carbonyl (C=O) groups is 4. The molecule has 1 saturated heterocycles. The zero-order valence-corrected chi connectivity index (χ0v) is 23.8. The van der Waals surface area contributed by atoms with Crippen molar-refractivity contribution in [2.45, 2.75) is 44.8 Å². The molecular formula is C26H30Cl2N4O5S. The summed E-state index contributed by atoms with van der Waals surface area (Å²) in [5, 5.41) is 8.81. The number of thioether (sulfide) groups is 1. The largest absolute Gasteiger partial charge is 0.467 e. The number of benzene rings is 2. The Morgan fingerprint density at radius 2 is 1.71 bits per heavy atom. The molecule has 0 bridgehead atoms. The van der Waals surface area contributed by atoms with Crippen molar-refractivity contribution in [3.05, 3.63) is 63.6 Å². The van der Waals surface area contributed by atoms with Gasteiger partial charge in [0.25, 0.3) is 5.91 Å². The fourth-order valence-corrected chi connectivity index (χ4v) is 5.45. The molecule has 1 unspecified atom stereocenters. The van der Waals surface area contributed by atoms with Crippen molar-refractivity contribution in [1.82, 2.24) is 15.5 Å². The number of methoxy groups -OCH3 is 1. The Balaban J connectivity index is 1.66. The summed E-state index contributed by atoms with van der Waals surface area (Å²) in [6.07, 6.45) is 0.150. The highest BCUT2D eigenvalue weighted by atomic mass is 35.5. The molecule has 3 rings (SSSR count). The van der Waals surface area contributed by atoms with Crippen molar-refractivity contribution in [3.8, 4) is 0 Å². The molecule has 0 aliphatic carbocycles. The number of anilines is 1.